The van der Waals surface area contributed by atoms with Crippen LogP contribution in [0.3, 0.4) is 0 Å². The third-order valence-electron chi connectivity index (χ3n) is 3.52. The first-order valence-electron chi connectivity index (χ1n) is 6.31. The molecule has 3 rings (SSSR count). The van der Waals surface area contributed by atoms with E-state index < -0.39 is 6.04 Å². The molecular formula is C14H14N4O2. The summed E-state index contributed by atoms with van der Waals surface area (Å²) in [6.07, 6.45) is 1.67. The molecule has 6 nitrogen and oxygen atoms in total. The molecule has 1 aliphatic rings. The lowest BCUT2D eigenvalue weighted by atomic mass is 10.1. The molecule has 1 unspecified atom stereocenters. The standard InChI is InChI=1S/C14H14N4O2/c1-8-14(20)17-12(19)7-18(8)11-5-4-10(15)9-3-2-6-16-13(9)11/h2-6,8H,7,15H2,1H3,(H,17,19,20). The maximum absolute atomic E-state index is 11.8. The number of nitrogens with one attached hydrogen (secondary N) is 1. The summed E-state index contributed by atoms with van der Waals surface area (Å²) in [5, 5.41) is 3.14. The number of anilines is 2. The van der Waals surface area contributed by atoms with Crippen molar-refractivity contribution in [2.75, 3.05) is 17.2 Å². The SMILES string of the molecule is CC1C(=O)NC(=O)CN1c1ccc(N)c2cccnc12. The molecule has 0 saturated carbocycles. The van der Waals surface area contributed by atoms with Crippen LogP contribution in [0.4, 0.5) is 11.4 Å². The van der Waals surface area contributed by atoms with Crippen molar-refractivity contribution >= 4 is 34.1 Å². The summed E-state index contributed by atoms with van der Waals surface area (Å²) in [7, 11) is 0. The lowest BCUT2D eigenvalue weighted by Crippen LogP contribution is -2.57. The van der Waals surface area contributed by atoms with Gasteiger partial charge in [0.15, 0.2) is 0 Å². The average molecular weight is 270 g/mol. The molecule has 2 heterocycles. The molecule has 2 amide bonds. The largest absolute Gasteiger partial charge is 0.398 e. The van der Waals surface area contributed by atoms with Gasteiger partial charge >= 0.3 is 0 Å². The van der Waals surface area contributed by atoms with Gasteiger partial charge in [-0.15, -0.1) is 0 Å². The Kier molecular flexibility index (Phi) is 2.78. The van der Waals surface area contributed by atoms with Crippen molar-refractivity contribution in [3.8, 4) is 0 Å². The number of benzene rings is 1. The quantitative estimate of drug-likeness (QED) is 0.587. The van der Waals surface area contributed by atoms with E-state index in [9.17, 15) is 9.59 Å². The molecule has 0 radical (unpaired) electrons. The average Bonchev–Trinajstić information content (AvgIpc) is 2.44. The molecule has 102 valence electrons. The summed E-state index contributed by atoms with van der Waals surface area (Å²) in [6.45, 7) is 1.88. The Morgan fingerprint density at radius 3 is 2.95 bits per heavy atom. The van der Waals surface area contributed by atoms with E-state index in [0.29, 0.717) is 11.2 Å². The Morgan fingerprint density at radius 2 is 2.15 bits per heavy atom. The van der Waals surface area contributed by atoms with Crippen LogP contribution in [0.1, 0.15) is 6.92 Å². The first-order chi connectivity index (χ1) is 9.58. The zero-order valence-electron chi connectivity index (χ0n) is 11.0. The number of piperazine rings is 1. The molecular weight excluding hydrogens is 256 g/mol. The maximum atomic E-state index is 11.8. The van der Waals surface area contributed by atoms with Crippen molar-refractivity contribution in [3.63, 3.8) is 0 Å². The fourth-order valence-corrected chi connectivity index (χ4v) is 2.42. The van der Waals surface area contributed by atoms with Crippen LogP contribution in [0.2, 0.25) is 0 Å². The zero-order chi connectivity index (χ0) is 14.3. The van der Waals surface area contributed by atoms with Crippen molar-refractivity contribution in [1.29, 1.82) is 0 Å². The van der Waals surface area contributed by atoms with Gasteiger partial charge in [-0.2, -0.15) is 0 Å². The first-order valence-corrected chi connectivity index (χ1v) is 6.31. The van der Waals surface area contributed by atoms with Crippen molar-refractivity contribution in [3.05, 3.63) is 30.5 Å². The Hall–Kier alpha value is -2.63. The molecule has 1 fully saturated rings. The van der Waals surface area contributed by atoms with E-state index in [0.717, 1.165) is 11.1 Å². The van der Waals surface area contributed by atoms with E-state index in [1.54, 1.807) is 36.2 Å². The molecule has 0 bridgehead atoms. The number of fused-ring (bicyclic) bond motifs is 1. The summed E-state index contributed by atoms with van der Waals surface area (Å²) in [5.74, 6) is -0.615. The molecule has 3 N–H and O–H groups in total. The first kappa shape index (κ1) is 12.4. The molecule has 20 heavy (non-hydrogen) atoms. The predicted molar refractivity (Wildman–Crippen MR) is 76.1 cm³/mol. The van der Waals surface area contributed by atoms with Crippen LogP contribution in [0.15, 0.2) is 30.5 Å². The highest BCUT2D eigenvalue weighted by molar-refractivity contribution is 6.07. The monoisotopic (exact) mass is 270 g/mol. The van der Waals surface area contributed by atoms with E-state index in [2.05, 4.69) is 10.3 Å². The molecule has 2 aromatic rings. The van der Waals surface area contributed by atoms with Gasteiger partial charge in [0.25, 0.3) is 0 Å². The number of carbonyl (C=O) groups is 2. The second kappa shape index (κ2) is 4.48. The molecule has 1 atom stereocenters. The van der Waals surface area contributed by atoms with Gasteiger partial charge in [0.2, 0.25) is 11.8 Å². The zero-order valence-corrected chi connectivity index (χ0v) is 11.0. The number of pyridine rings is 1. The lowest BCUT2D eigenvalue weighted by molar-refractivity contribution is -0.132. The number of imide groups is 1. The summed E-state index contributed by atoms with van der Waals surface area (Å²) in [5.41, 5.74) is 8.00. The van der Waals surface area contributed by atoms with E-state index in [-0.39, 0.29) is 18.4 Å². The fourth-order valence-electron chi connectivity index (χ4n) is 2.42. The number of aromatic nitrogens is 1. The smallest absolute Gasteiger partial charge is 0.249 e. The van der Waals surface area contributed by atoms with Crippen LogP contribution in [0.25, 0.3) is 10.9 Å². The summed E-state index contributed by atoms with van der Waals surface area (Å²) in [6, 6.07) is 6.81. The van der Waals surface area contributed by atoms with E-state index >= 15 is 0 Å². The van der Waals surface area contributed by atoms with Crippen LogP contribution >= 0.6 is 0 Å². The molecule has 6 heteroatoms. The van der Waals surface area contributed by atoms with Crippen molar-refractivity contribution < 1.29 is 9.59 Å². The molecule has 1 aliphatic heterocycles. The van der Waals surface area contributed by atoms with Crippen molar-refractivity contribution in [2.45, 2.75) is 13.0 Å². The number of rotatable bonds is 1. The van der Waals surface area contributed by atoms with Crippen LogP contribution in [0, 0.1) is 0 Å². The number of hydrogen-bond acceptors (Lipinski definition) is 5. The third kappa shape index (κ3) is 1.85. The molecule has 0 spiro atoms. The van der Waals surface area contributed by atoms with Gasteiger partial charge in [-0.1, -0.05) is 0 Å². The van der Waals surface area contributed by atoms with Gasteiger partial charge in [0, 0.05) is 17.3 Å². The maximum Gasteiger partial charge on any atom is 0.249 e. The number of amides is 2. The second-order valence-electron chi connectivity index (χ2n) is 4.79. The Morgan fingerprint density at radius 1 is 1.35 bits per heavy atom. The summed E-state index contributed by atoms with van der Waals surface area (Å²) in [4.78, 5) is 29.4. The summed E-state index contributed by atoms with van der Waals surface area (Å²) >= 11 is 0. The highest BCUT2D eigenvalue weighted by atomic mass is 16.2. The number of nitrogen functional groups attached to an aromatic ring is 1. The minimum Gasteiger partial charge on any atom is -0.398 e. The Labute approximate surface area is 115 Å². The van der Waals surface area contributed by atoms with Crippen LogP contribution in [0.5, 0.6) is 0 Å². The molecule has 1 aromatic heterocycles. The number of carbonyl (C=O) groups excluding carboxylic acids is 2. The topological polar surface area (TPSA) is 88.3 Å². The second-order valence-corrected chi connectivity index (χ2v) is 4.79. The van der Waals surface area contributed by atoms with Gasteiger partial charge in [-0.3, -0.25) is 19.9 Å². The Balaban J connectivity index is 2.17. The minimum atomic E-state index is -0.429. The molecule has 0 aliphatic carbocycles. The normalized spacial score (nSPS) is 19.2. The van der Waals surface area contributed by atoms with Crippen molar-refractivity contribution in [1.82, 2.24) is 10.3 Å². The van der Waals surface area contributed by atoms with Gasteiger partial charge < -0.3 is 10.6 Å². The van der Waals surface area contributed by atoms with Crippen LogP contribution < -0.4 is 16.0 Å². The summed E-state index contributed by atoms with van der Waals surface area (Å²) < 4.78 is 0. The number of nitrogens with zero attached hydrogens (tertiary/aromatic N) is 2. The van der Waals surface area contributed by atoms with E-state index in [1.807, 2.05) is 6.07 Å². The van der Waals surface area contributed by atoms with Gasteiger partial charge in [-0.05, 0) is 31.2 Å². The van der Waals surface area contributed by atoms with Gasteiger partial charge in [0.05, 0.1) is 17.7 Å². The van der Waals surface area contributed by atoms with E-state index in [1.165, 1.54) is 0 Å². The fraction of sp³-hybridized carbons (Fsp3) is 0.214. The minimum absolute atomic E-state index is 0.127. The Bertz CT molecular complexity index is 713. The third-order valence-corrected chi connectivity index (χ3v) is 3.52. The molecule has 1 aromatic carbocycles. The number of nitrogens with two attached hydrogens (primary N) is 1. The highest BCUT2D eigenvalue weighted by Crippen LogP contribution is 2.30. The van der Waals surface area contributed by atoms with Crippen LogP contribution in [-0.4, -0.2) is 29.4 Å². The lowest BCUT2D eigenvalue weighted by Gasteiger charge is -2.34. The number of hydrogen-bond donors (Lipinski definition) is 2. The highest BCUT2D eigenvalue weighted by Gasteiger charge is 2.31. The van der Waals surface area contributed by atoms with Gasteiger partial charge in [0.1, 0.15) is 6.04 Å². The van der Waals surface area contributed by atoms with Crippen molar-refractivity contribution in [2.24, 2.45) is 0 Å². The molecule has 1 saturated heterocycles. The van der Waals surface area contributed by atoms with E-state index in [4.69, 9.17) is 5.73 Å². The van der Waals surface area contributed by atoms with Crippen LogP contribution in [-0.2, 0) is 9.59 Å². The van der Waals surface area contributed by atoms with Gasteiger partial charge in [-0.25, -0.2) is 0 Å². The predicted octanol–water partition coefficient (Wildman–Crippen LogP) is 0.668.